The normalized spacial score (nSPS) is 10.2. The Labute approximate surface area is 75.0 Å². The monoisotopic (exact) mass is 175 g/mol. The molecule has 3 N–H and O–H groups in total. The van der Waals surface area contributed by atoms with Crippen LogP contribution >= 0.6 is 0 Å². The number of rotatable bonds is 1. The molecule has 0 bridgehead atoms. The fourth-order valence-electron chi connectivity index (χ4n) is 1.16. The lowest BCUT2D eigenvalue weighted by atomic mass is 10.1. The summed E-state index contributed by atoms with van der Waals surface area (Å²) in [7, 11) is 0. The number of benzene rings is 1. The van der Waals surface area contributed by atoms with Crippen molar-refractivity contribution in [3.63, 3.8) is 0 Å². The molecule has 0 aliphatic carbocycles. The van der Waals surface area contributed by atoms with E-state index < -0.39 is 0 Å². The van der Waals surface area contributed by atoms with Crippen molar-refractivity contribution < 1.29 is 0 Å². The number of nitrogens with one attached hydrogen (secondary N) is 1. The van der Waals surface area contributed by atoms with Crippen molar-refractivity contribution in [3.05, 3.63) is 23.8 Å². The second kappa shape index (κ2) is 2.85. The summed E-state index contributed by atoms with van der Waals surface area (Å²) in [6.45, 7) is 1.98. The summed E-state index contributed by atoms with van der Waals surface area (Å²) in [6, 6.07) is 5.61. The summed E-state index contributed by atoms with van der Waals surface area (Å²) in [6.07, 6.45) is 0. The number of anilines is 1. The zero-order valence-electron chi connectivity index (χ0n) is 7.15. The molecule has 0 saturated heterocycles. The van der Waals surface area contributed by atoms with Gasteiger partial charge in [-0.15, -0.1) is 10.2 Å². The second-order valence-electron chi connectivity index (χ2n) is 2.81. The summed E-state index contributed by atoms with van der Waals surface area (Å²) in [5.41, 5.74) is 8.34. The molecule has 5 heteroatoms. The second-order valence-corrected chi connectivity index (χ2v) is 2.81. The summed E-state index contributed by atoms with van der Waals surface area (Å²) >= 11 is 0. The first-order valence-electron chi connectivity index (χ1n) is 3.87. The number of H-pyrrole nitrogens is 1. The van der Waals surface area contributed by atoms with E-state index in [0.717, 1.165) is 11.1 Å². The largest absolute Gasteiger partial charge is 0.399 e. The van der Waals surface area contributed by atoms with Crippen LogP contribution in [-0.4, -0.2) is 20.6 Å². The van der Waals surface area contributed by atoms with Crippen LogP contribution in [0.4, 0.5) is 5.69 Å². The molecule has 0 fully saturated rings. The molecule has 66 valence electrons. The number of aromatic nitrogens is 4. The number of hydrogen-bond acceptors (Lipinski definition) is 4. The average molecular weight is 175 g/mol. The Morgan fingerprint density at radius 2 is 2.23 bits per heavy atom. The lowest BCUT2D eigenvalue weighted by Gasteiger charge is -2.01. The van der Waals surface area contributed by atoms with Gasteiger partial charge in [-0.25, -0.2) is 0 Å². The predicted molar refractivity (Wildman–Crippen MR) is 48.8 cm³/mol. The molecular formula is C8H9N5. The highest BCUT2D eigenvalue weighted by atomic mass is 15.5. The van der Waals surface area contributed by atoms with Gasteiger partial charge < -0.3 is 5.73 Å². The quantitative estimate of drug-likeness (QED) is 0.627. The highest BCUT2D eigenvalue weighted by Crippen LogP contribution is 2.20. The van der Waals surface area contributed by atoms with E-state index in [9.17, 15) is 0 Å². The van der Waals surface area contributed by atoms with Gasteiger partial charge in [0.1, 0.15) is 0 Å². The Bertz CT molecular complexity index is 406. The fraction of sp³-hybridized carbons (Fsp3) is 0.125. The van der Waals surface area contributed by atoms with Crippen molar-refractivity contribution in [1.82, 2.24) is 20.6 Å². The molecule has 2 aromatic rings. The number of tetrazole rings is 1. The van der Waals surface area contributed by atoms with Gasteiger partial charge in [0.15, 0.2) is 0 Å². The molecule has 1 aromatic heterocycles. The first kappa shape index (κ1) is 7.72. The maximum atomic E-state index is 5.65. The van der Waals surface area contributed by atoms with E-state index in [2.05, 4.69) is 20.6 Å². The van der Waals surface area contributed by atoms with E-state index in [0.29, 0.717) is 11.5 Å². The minimum absolute atomic E-state index is 0.574. The van der Waals surface area contributed by atoms with Gasteiger partial charge in [-0.3, -0.25) is 0 Å². The van der Waals surface area contributed by atoms with Crippen LogP contribution in [0.2, 0.25) is 0 Å². The third-order valence-electron chi connectivity index (χ3n) is 1.85. The van der Waals surface area contributed by atoms with Crippen LogP contribution in [0, 0.1) is 6.92 Å². The molecule has 0 atom stereocenters. The molecule has 0 spiro atoms. The highest BCUT2D eigenvalue weighted by molar-refractivity contribution is 5.64. The van der Waals surface area contributed by atoms with Gasteiger partial charge >= 0.3 is 0 Å². The maximum Gasteiger partial charge on any atom is 0.205 e. The summed E-state index contributed by atoms with van der Waals surface area (Å²) in [5.74, 6) is 0.574. The Morgan fingerprint density at radius 1 is 1.38 bits per heavy atom. The highest BCUT2D eigenvalue weighted by Gasteiger charge is 2.05. The smallest absolute Gasteiger partial charge is 0.205 e. The van der Waals surface area contributed by atoms with Gasteiger partial charge in [0.05, 0.1) is 0 Å². The van der Waals surface area contributed by atoms with Gasteiger partial charge in [0, 0.05) is 11.3 Å². The molecule has 2 rings (SSSR count). The Kier molecular flexibility index (Phi) is 1.70. The number of hydrogen-bond donors (Lipinski definition) is 2. The number of aryl methyl sites for hydroxylation is 1. The van der Waals surface area contributed by atoms with E-state index in [1.807, 2.05) is 25.1 Å². The molecule has 0 aliphatic heterocycles. The van der Waals surface area contributed by atoms with Crippen molar-refractivity contribution in [2.75, 3.05) is 5.73 Å². The third-order valence-corrected chi connectivity index (χ3v) is 1.85. The molecular weight excluding hydrogens is 166 g/mol. The minimum atomic E-state index is 0.574. The van der Waals surface area contributed by atoms with E-state index in [1.165, 1.54) is 0 Å². The topological polar surface area (TPSA) is 80.5 Å². The molecule has 0 unspecified atom stereocenters. The standard InChI is InChI=1S/C8H9N5/c1-5-2-3-6(9)4-7(5)8-10-12-13-11-8/h2-4H,9H2,1H3,(H,10,11,12,13). The molecule has 1 aromatic carbocycles. The molecule has 0 radical (unpaired) electrons. The number of nitrogen functional groups attached to an aromatic ring is 1. The van der Waals surface area contributed by atoms with Gasteiger partial charge in [-0.2, -0.15) is 5.21 Å². The Morgan fingerprint density at radius 3 is 2.92 bits per heavy atom. The van der Waals surface area contributed by atoms with Crippen LogP contribution in [0.1, 0.15) is 5.56 Å². The van der Waals surface area contributed by atoms with E-state index in [-0.39, 0.29) is 0 Å². The van der Waals surface area contributed by atoms with Gasteiger partial charge in [0.25, 0.3) is 0 Å². The molecule has 13 heavy (non-hydrogen) atoms. The maximum absolute atomic E-state index is 5.65. The lowest BCUT2D eigenvalue weighted by molar-refractivity contribution is 0.881. The molecule has 0 amide bonds. The third kappa shape index (κ3) is 1.35. The van der Waals surface area contributed by atoms with E-state index >= 15 is 0 Å². The number of nitrogens with zero attached hydrogens (tertiary/aromatic N) is 3. The fourth-order valence-corrected chi connectivity index (χ4v) is 1.16. The Balaban J connectivity index is 2.57. The van der Waals surface area contributed by atoms with Crippen LogP contribution in [0.25, 0.3) is 11.4 Å². The van der Waals surface area contributed by atoms with Crippen LogP contribution < -0.4 is 5.73 Å². The molecule has 0 aliphatic rings. The van der Waals surface area contributed by atoms with Crippen LogP contribution in [0.5, 0.6) is 0 Å². The predicted octanol–water partition coefficient (Wildman–Crippen LogP) is 0.757. The zero-order valence-corrected chi connectivity index (χ0v) is 7.15. The van der Waals surface area contributed by atoms with Crippen LogP contribution in [-0.2, 0) is 0 Å². The minimum Gasteiger partial charge on any atom is -0.399 e. The molecule has 5 nitrogen and oxygen atoms in total. The van der Waals surface area contributed by atoms with Crippen molar-refractivity contribution in [2.24, 2.45) is 0 Å². The molecule has 0 saturated carbocycles. The van der Waals surface area contributed by atoms with Crippen LogP contribution in [0.15, 0.2) is 18.2 Å². The van der Waals surface area contributed by atoms with Crippen LogP contribution in [0.3, 0.4) is 0 Å². The zero-order chi connectivity index (χ0) is 9.26. The summed E-state index contributed by atoms with van der Waals surface area (Å²) < 4.78 is 0. The summed E-state index contributed by atoms with van der Waals surface area (Å²) in [5, 5.41) is 13.7. The van der Waals surface area contributed by atoms with Gasteiger partial charge in [-0.05, 0) is 29.8 Å². The molecule has 1 heterocycles. The number of nitrogens with two attached hydrogens (primary N) is 1. The van der Waals surface area contributed by atoms with Crippen molar-refractivity contribution in [3.8, 4) is 11.4 Å². The Hall–Kier alpha value is -1.91. The lowest BCUT2D eigenvalue weighted by Crippen LogP contribution is -1.90. The summed E-state index contributed by atoms with van der Waals surface area (Å²) in [4.78, 5) is 0. The first-order chi connectivity index (χ1) is 6.27. The van der Waals surface area contributed by atoms with E-state index in [1.54, 1.807) is 0 Å². The van der Waals surface area contributed by atoms with Gasteiger partial charge in [-0.1, -0.05) is 6.07 Å². The number of aromatic amines is 1. The van der Waals surface area contributed by atoms with Crippen molar-refractivity contribution in [2.45, 2.75) is 6.92 Å². The van der Waals surface area contributed by atoms with Gasteiger partial charge in [0.2, 0.25) is 5.82 Å². The SMILES string of the molecule is Cc1ccc(N)cc1-c1nn[nH]n1. The van der Waals surface area contributed by atoms with Crippen molar-refractivity contribution >= 4 is 5.69 Å². The van der Waals surface area contributed by atoms with E-state index in [4.69, 9.17) is 5.73 Å². The van der Waals surface area contributed by atoms with Crippen molar-refractivity contribution in [1.29, 1.82) is 0 Å². The average Bonchev–Trinajstić information content (AvgIpc) is 2.61. The first-order valence-corrected chi connectivity index (χ1v) is 3.87.